The number of aromatic nitrogens is 10. The van der Waals surface area contributed by atoms with E-state index in [1.54, 1.807) is 100 Å². The smallest absolute Gasteiger partial charge is 0.160 e. The molecule has 0 unspecified atom stereocenters. The Balaban J connectivity index is 0.000000206. The largest absolute Gasteiger partial charge is 0.494 e. The summed E-state index contributed by atoms with van der Waals surface area (Å²) in [7, 11) is -1.10. The number of rotatable bonds is 18. The van der Waals surface area contributed by atoms with Crippen molar-refractivity contribution >= 4 is 19.7 Å². The van der Waals surface area contributed by atoms with Gasteiger partial charge in [0.2, 0.25) is 0 Å². The number of nitrogens with zero attached hydrogens (tertiary/aromatic N) is 10. The van der Waals surface area contributed by atoms with Crippen LogP contribution in [0.15, 0.2) is 61.2 Å². The highest BCUT2D eigenvalue weighted by atomic mass is 32.2. The van der Waals surface area contributed by atoms with Crippen LogP contribution in [0.2, 0.25) is 0 Å². The van der Waals surface area contributed by atoms with Crippen molar-refractivity contribution < 1.29 is 45.3 Å². The fourth-order valence-electron chi connectivity index (χ4n) is 8.38. The molecule has 2 aliphatic rings. The maximum atomic E-state index is 13.6. The van der Waals surface area contributed by atoms with E-state index in [1.807, 2.05) is 39.8 Å². The molecule has 0 bridgehead atoms. The van der Waals surface area contributed by atoms with E-state index in [4.69, 9.17) is 28.4 Å². The minimum absolute atomic E-state index is 0.0223. The van der Waals surface area contributed by atoms with Crippen LogP contribution in [0.5, 0.6) is 23.0 Å². The summed E-state index contributed by atoms with van der Waals surface area (Å²) in [5.41, 5.74) is 2.96. The molecule has 0 aliphatic carbocycles. The SMILES string of the molecule is COc1cccc(OC)c1-n1c(CS(=O)(=O)[C@@H](C)[C@H](C)c2ncc(C)cn2)nnc1[C@@H]1CCOC1.COc1cccc(OC)c1-n1c(CS(=O)(=O)[C@@H](C)[C@H](C)c2ncc(C)cn2)nnc1[C@H]1CCOC1. The van der Waals surface area contributed by atoms with Crippen LogP contribution in [0.3, 0.4) is 0 Å². The van der Waals surface area contributed by atoms with Gasteiger partial charge in [0.05, 0.1) is 52.2 Å². The molecule has 6 atom stereocenters. The standard InChI is InChI=1S/2C24H31N5O5S/c2*1-15-11-25-23(26-12-15)16(2)17(3)35(30,31)14-21-27-28-24(18-9-10-34-13-18)29(21)22-19(32-4)7-6-8-20(22)33-5/h2*6-8,11-12,16-18H,9-10,13-14H2,1-5H3/t16-,17-,18+;16-,17-,18-/m00/s1. The number of ether oxygens (including phenoxy) is 6. The quantitative estimate of drug-likeness (QED) is 0.0961. The normalized spacial score (nSPS) is 17.8. The molecule has 6 heterocycles. The molecule has 2 fully saturated rings. The monoisotopic (exact) mass is 1000 g/mol. The lowest BCUT2D eigenvalue weighted by Crippen LogP contribution is -2.27. The molecule has 2 saturated heterocycles. The Morgan fingerprint density at radius 1 is 0.557 bits per heavy atom. The summed E-state index contributed by atoms with van der Waals surface area (Å²) >= 11 is 0. The average Bonchev–Trinajstić information content (AvgIpc) is 4.22. The van der Waals surface area contributed by atoms with Crippen LogP contribution in [-0.2, 0) is 40.7 Å². The highest BCUT2D eigenvalue weighted by Crippen LogP contribution is 2.39. The Morgan fingerprint density at radius 2 is 0.886 bits per heavy atom. The molecule has 0 amide bonds. The molecule has 8 rings (SSSR count). The number of benzene rings is 2. The first kappa shape index (κ1) is 51.7. The molecule has 20 nitrogen and oxygen atoms in total. The van der Waals surface area contributed by atoms with Gasteiger partial charge in [-0.25, -0.2) is 36.8 Å². The molecule has 4 aromatic heterocycles. The number of sulfone groups is 2. The molecule has 6 aromatic rings. The Labute approximate surface area is 409 Å². The summed E-state index contributed by atoms with van der Waals surface area (Å²) in [5, 5.41) is 16.0. The molecule has 0 N–H and O–H groups in total. The number of para-hydroxylation sites is 2. The van der Waals surface area contributed by atoms with Crippen LogP contribution in [0.4, 0.5) is 0 Å². The molecule has 2 aromatic carbocycles. The molecule has 70 heavy (non-hydrogen) atoms. The second kappa shape index (κ2) is 22.3. The van der Waals surface area contributed by atoms with Crippen molar-refractivity contribution in [2.75, 3.05) is 54.9 Å². The second-order valence-electron chi connectivity index (χ2n) is 17.6. The zero-order valence-corrected chi connectivity index (χ0v) is 42.9. The van der Waals surface area contributed by atoms with Crippen LogP contribution in [0.1, 0.15) is 110 Å². The number of hydrogen-bond acceptors (Lipinski definition) is 18. The summed E-state index contributed by atoms with van der Waals surface area (Å²) in [6, 6.07) is 10.8. The van der Waals surface area contributed by atoms with E-state index in [1.165, 1.54) is 0 Å². The molecule has 22 heteroatoms. The van der Waals surface area contributed by atoms with Gasteiger partial charge in [0.15, 0.2) is 31.3 Å². The number of aryl methyl sites for hydroxylation is 2. The maximum absolute atomic E-state index is 13.6. The zero-order valence-electron chi connectivity index (χ0n) is 41.3. The fraction of sp³-hybridized carbons (Fsp3) is 0.500. The first-order valence-electron chi connectivity index (χ1n) is 23.0. The van der Waals surface area contributed by atoms with Crippen molar-refractivity contribution in [2.45, 2.75) is 100 Å². The van der Waals surface area contributed by atoms with Gasteiger partial charge in [-0.3, -0.25) is 9.13 Å². The molecule has 0 saturated carbocycles. The van der Waals surface area contributed by atoms with Crippen LogP contribution >= 0.6 is 0 Å². The van der Waals surface area contributed by atoms with Crippen molar-refractivity contribution in [3.05, 3.63) is 107 Å². The van der Waals surface area contributed by atoms with E-state index >= 15 is 0 Å². The molecule has 0 spiro atoms. The predicted octanol–water partition coefficient (Wildman–Crippen LogP) is 5.99. The van der Waals surface area contributed by atoms with Gasteiger partial charge in [-0.15, -0.1) is 20.4 Å². The Hall–Kier alpha value is -6.10. The van der Waals surface area contributed by atoms with E-state index in [-0.39, 0.29) is 23.3 Å². The first-order chi connectivity index (χ1) is 33.5. The van der Waals surface area contributed by atoms with Crippen molar-refractivity contribution in [1.29, 1.82) is 0 Å². The van der Waals surface area contributed by atoms with Gasteiger partial charge in [-0.1, -0.05) is 26.0 Å². The second-order valence-corrected chi connectivity index (χ2v) is 22.3. The minimum atomic E-state index is -3.67. The van der Waals surface area contributed by atoms with Gasteiger partial charge >= 0.3 is 0 Å². The van der Waals surface area contributed by atoms with Crippen molar-refractivity contribution in [1.82, 2.24) is 49.5 Å². The van der Waals surface area contributed by atoms with Crippen LogP contribution < -0.4 is 18.9 Å². The molecule has 376 valence electrons. The van der Waals surface area contributed by atoms with Crippen molar-refractivity contribution in [3.63, 3.8) is 0 Å². The summed E-state index contributed by atoms with van der Waals surface area (Å²) in [6.45, 7) is 13.0. The summed E-state index contributed by atoms with van der Waals surface area (Å²) < 4.78 is 91.4. The van der Waals surface area contributed by atoms with Crippen LogP contribution in [0.25, 0.3) is 11.4 Å². The van der Waals surface area contributed by atoms with Crippen LogP contribution in [0, 0.1) is 13.8 Å². The topological polar surface area (TPSA) is 237 Å². The summed E-state index contributed by atoms with van der Waals surface area (Å²) in [5.74, 6) is 3.43. The van der Waals surface area contributed by atoms with Gasteiger partial charge in [0.1, 0.15) is 69.2 Å². The van der Waals surface area contributed by atoms with E-state index in [0.717, 1.165) is 24.0 Å². The molecule has 0 radical (unpaired) electrons. The van der Waals surface area contributed by atoms with Crippen molar-refractivity contribution in [3.8, 4) is 34.4 Å². The first-order valence-corrected chi connectivity index (χ1v) is 26.4. The molecular formula is C48H62N10O10S2. The van der Waals surface area contributed by atoms with E-state index < -0.39 is 42.0 Å². The van der Waals surface area contributed by atoms with Gasteiger partial charge in [-0.05, 0) is 75.9 Å². The Morgan fingerprint density at radius 3 is 1.17 bits per heavy atom. The van der Waals surface area contributed by atoms with Gasteiger partial charge in [0, 0.05) is 61.7 Å². The summed E-state index contributed by atoms with van der Waals surface area (Å²) in [4.78, 5) is 17.3. The highest BCUT2D eigenvalue weighted by Gasteiger charge is 2.37. The lowest BCUT2D eigenvalue weighted by molar-refractivity contribution is 0.193. The maximum Gasteiger partial charge on any atom is 0.160 e. The lowest BCUT2D eigenvalue weighted by atomic mass is 10.1. The Kier molecular flexibility index (Phi) is 16.5. The average molecular weight is 1000 g/mol. The highest BCUT2D eigenvalue weighted by molar-refractivity contribution is 7.91. The fourth-order valence-corrected chi connectivity index (χ4v) is 11.5. The van der Waals surface area contributed by atoms with E-state index in [2.05, 4.69) is 40.3 Å². The van der Waals surface area contributed by atoms with Gasteiger partial charge in [-0.2, -0.15) is 0 Å². The predicted molar refractivity (Wildman–Crippen MR) is 260 cm³/mol. The van der Waals surface area contributed by atoms with Gasteiger partial charge in [0.25, 0.3) is 0 Å². The third-order valence-corrected chi connectivity index (χ3v) is 17.4. The van der Waals surface area contributed by atoms with Gasteiger partial charge < -0.3 is 28.4 Å². The zero-order chi connectivity index (χ0) is 50.3. The number of methoxy groups -OCH3 is 4. The van der Waals surface area contributed by atoms with E-state index in [0.29, 0.717) is 95.7 Å². The van der Waals surface area contributed by atoms with Crippen LogP contribution in [-0.4, -0.2) is 132 Å². The third-order valence-electron chi connectivity index (χ3n) is 13.0. The minimum Gasteiger partial charge on any atom is -0.494 e. The molecular weight excluding hydrogens is 941 g/mol. The molecule has 2 aliphatic heterocycles. The van der Waals surface area contributed by atoms with E-state index in [9.17, 15) is 16.8 Å². The van der Waals surface area contributed by atoms with Crippen molar-refractivity contribution in [2.24, 2.45) is 0 Å². The third kappa shape index (κ3) is 11.1. The summed E-state index contributed by atoms with van der Waals surface area (Å²) in [6.07, 6.45) is 8.30. The Bertz CT molecular complexity index is 2690. The number of hydrogen-bond donors (Lipinski definition) is 0. The lowest BCUT2D eigenvalue weighted by Gasteiger charge is -2.21.